The Morgan fingerprint density at radius 1 is 1.25 bits per heavy atom. The fourth-order valence-corrected chi connectivity index (χ4v) is 2.83. The van der Waals surface area contributed by atoms with E-state index < -0.39 is 5.97 Å². The number of amides is 1. The highest BCUT2D eigenvalue weighted by Crippen LogP contribution is 2.26. The van der Waals surface area contributed by atoms with Crippen LogP contribution in [-0.2, 0) is 4.74 Å². The van der Waals surface area contributed by atoms with Gasteiger partial charge < -0.3 is 10.1 Å². The summed E-state index contributed by atoms with van der Waals surface area (Å²) in [7, 11) is 0. The predicted octanol–water partition coefficient (Wildman–Crippen LogP) is 3.94. The van der Waals surface area contributed by atoms with Gasteiger partial charge in [-0.05, 0) is 46.4 Å². The number of esters is 1. The van der Waals surface area contributed by atoms with Gasteiger partial charge in [0.1, 0.15) is 5.00 Å². The van der Waals surface area contributed by atoms with Crippen molar-refractivity contribution >= 4 is 44.1 Å². The summed E-state index contributed by atoms with van der Waals surface area (Å²) in [4.78, 5) is 23.9. The highest BCUT2D eigenvalue weighted by Gasteiger charge is 2.17. The van der Waals surface area contributed by atoms with Crippen molar-refractivity contribution in [2.75, 3.05) is 11.9 Å². The smallest absolute Gasteiger partial charge is 0.341 e. The largest absolute Gasteiger partial charge is 0.462 e. The van der Waals surface area contributed by atoms with Crippen molar-refractivity contribution in [3.63, 3.8) is 0 Å². The summed E-state index contributed by atoms with van der Waals surface area (Å²) in [5, 5.41) is 4.96. The van der Waals surface area contributed by atoms with Gasteiger partial charge in [0.25, 0.3) is 5.91 Å². The van der Waals surface area contributed by atoms with E-state index in [1.54, 1.807) is 36.6 Å². The molecule has 2 aromatic rings. The van der Waals surface area contributed by atoms with Gasteiger partial charge in [0, 0.05) is 4.47 Å². The van der Waals surface area contributed by atoms with Gasteiger partial charge in [-0.3, -0.25) is 4.79 Å². The molecule has 0 unspecified atom stereocenters. The zero-order chi connectivity index (χ0) is 14.5. The van der Waals surface area contributed by atoms with Crippen molar-refractivity contribution in [1.29, 1.82) is 0 Å². The molecular weight excluding hydrogens is 342 g/mol. The van der Waals surface area contributed by atoms with Gasteiger partial charge in [0.15, 0.2) is 0 Å². The van der Waals surface area contributed by atoms with E-state index in [4.69, 9.17) is 4.74 Å². The molecule has 104 valence electrons. The van der Waals surface area contributed by atoms with Crippen LogP contribution in [0.3, 0.4) is 0 Å². The molecular formula is C14H12BrNO3S. The lowest BCUT2D eigenvalue weighted by Gasteiger charge is -2.07. The maximum atomic E-state index is 12.2. The standard InChI is InChI=1S/C14H12BrNO3S/c1-2-19-14(18)10-7-8-20-13(10)16-12(17)9-5-3-4-6-11(9)15/h3-8H,2H2,1H3,(H,16,17). The van der Waals surface area contributed by atoms with Gasteiger partial charge in [-0.2, -0.15) is 0 Å². The van der Waals surface area contributed by atoms with Gasteiger partial charge in [0.2, 0.25) is 0 Å². The Morgan fingerprint density at radius 2 is 2.00 bits per heavy atom. The minimum Gasteiger partial charge on any atom is -0.462 e. The molecule has 0 saturated carbocycles. The zero-order valence-electron chi connectivity index (χ0n) is 10.7. The average Bonchev–Trinajstić information content (AvgIpc) is 2.87. The topological polar surface area (TPSA) is 55.4 Å². The summed E-state index contributed by atoms with van der Waals surface area (Å²) >= 11 is 4.61. The Hall–Kier alpha value is -1.66. The third-order valence-electron chi connectivity index (χ3n) is 2.51. The molecule has 1 aromatic carbocycles. The van der Waals surface area contributed by atoms with E-state index in [2.05, 4.69) is 21.2 Å². The third kappa shape index (κ3) is 3.26. The van der Waals surface area contributed by atoms with Crippen molar-refractivity contribution in [1.82, 2.24) is 0 Å². The number of nitrogens with one attached hydrogen (secondary N) is 1. The van der Waals surface area contributed by atoms with Crippen LogP contribution < -0.4 is 5.32 Å². The molecule has 0 spiro atoms. The van der Waals surface area contributed by atoms with E-state index in [0.29, 0.717) is 27.2 Å². The number of anilines is 1. The normalized spacial score (nSPS) is 10.1. The highest BCUT2D eigenvalue weighted by molar-refractivity contribution is 9.10. The first-order valence-corrected chi connectivity index (χ1v) is 7.61. The second kappa shape index (κ2) is 6.67. The van der Waals surface area contributed by atoms with Crippen molar-refractivity contribution in [3.8, 4) is 0 Å². The molecule has 0 aliphatic carbocycles. The quantitative estimate of drug-likeness (QED) is 0.847. The molecule has 1 N–H and O–H groups in total. The molecule has 0 aliphatic rings. The zero-order valence-corrected chi connectivity index (χ0v) is 13.1. The predicted molar refractivity (Wildman–Crippen MR) is 82.4 cm³/mol. The van der Waals surface area contributed by atoms with Crippen LogP contribution in [-0.4, -0.2) is 18.5 Å². The number of carbonyl (C=O) groups excluding carboxylic acids is 2. The first kappa shape index (κ1) is 14.7. The van der Waals surface area contributed by atoms with E-state index in [9.17, 15) is 9.59 Å². The third-order valence-corrected chi connectivity index (χ3v) is 4.03. The summed E-state index contributed by atoms with van der Waals surface area (Å²) < 4.78 is 5.65. The molecule has 0 radical (unpaired) electrons. The second-order valence-electron chi connectivity index (χ2n) is 3.82. The summed E-state index contributed by atoms with van der Waals surface area (Å²) in [6.45, 7) is 2.04. The highest BCUT2D eigenvalue weighted by atomic mass is 79.9. The Bertz CT molecular complexity index is 639. The number of ether oxygens (including phenoxy) is 1. The minimum absolute atomic E-state index is 0.273. The Balaban J connectivity index is 2.19. The average molecular weight is 354 g/mol. The van der Waals surface area contributed by atoms with Crippen LogP contribution in [0.15, 0.2) is 40.2 Å². The molecule has 2 rings (SSSR count). The number of hydrogen-bond donors (Lipinski definition) is 1. The first-order chi connectivity index (χ1) is 9.63. The molecule has 0 saturated heterocycles. The van der Waals surface area contributed by atoms with Crippen molar-refractivity contribution < 1.29 is 14.3 Å². The first-order valence-electron chi connectivity index (χ1n) is 5.94. The van der Waals surface area contributed by atoms with Crippen LogP contribution in [0.1, 0.15) is 27.6 Å². The molecule has 1 amide bonds. The van der Waals surface area contributed by atoms with Crippen molar-refractivity contribution in [2.24, 2.45) is 0 Å². The van der Waals surface area contributed by atoms with Crippen LogP contribution >= 0.6 is 27.3 Å². The van der Waals surface area contributed by atoms with E-state index >= 15 is 0 Å². The maximum Gasteiger partial charge on any atom is 0.341 e. The van der Waals surface area contributed by atoms with E-state index in [0.717, 1.165) is 0 Å². The van der Waals surface area contributed by atoms with E-state index in [1.807, 2.05) is 6.07 Å². The molecule has 6 heteroatoms. The number of rotatable bonds is 4. The van der Waals surface area contributed by atoms with E-state index in [-0.39, 0.29) is 5.91 Å². The molecule has 1 aromatic heterocycles. The second-order valence-corrected chi connectivity index (χ2v) is 5.59. The van der Waals surface area contributed by atoms with Crippen LogP contribution in [0.5, 0.6) is 0 Å². The van der Waals surface area contributed by atoms with Gasteiger partial charge >= 0.3 is 5.97 Å². The maximum absolute atomic E-state index is 12.2. The molecule has 1 heterocycles. The molecule has 0 bridgehead atoms. The van der Waals surface area contributed by atoms with Crippen molar-refractivity contribution in [3.05, 3.63) is 51.3 Å². The molecule has 0 atom stereocenters. The summed E-state index contributed by atoms with van der Waals surface area (Å²) in [6.07, 6.45) is 0. The lowest BCUT2D eigenvalue weighted by molar-refractivity contribution is 0.0528. The lowest BCUT2D eigenvalue weighted by Crippen LogP contribution is -2.14. The van der Waals surface area contributed by atoms with Gasteiger partial charge in [-0.1, -0.05) is 12.1 Å². The monoisotopic (exact) mass is 353 g/mol. The van der Waals surface area contributed by atoms with Gasteiger partial charge in [-0.15, -0.1) is 11.3 Å². The fourth-order valence-electron chi connectivity index (χ4n) is 1.59. The number of hydrogen-bond acceptors (Lipinski definition) is 4. The lowest BCUT2D eigenvalue weighted by atomic mass is 10.2. The van der Waals surface area contributed by atoms with Crippen LogP contribution in [0, 0.1) is 0 Å². The van der Waals surface area contributed by atoms with Crippen molar-refractivity contribution in [2.45, 2.75) is 6.92 Å². The number of thiophene rings is 1. The molecule has 0 fully saturated rings. The number of carbonyl (C=O) groups is 2. The Kier molecular flexibility index (Phi) is 4.92. The van der Waals surface area contributed by atoms with Crippen LogP contribution in [0.4, 0.5) is 5.00 Å². The Morgan fingerprint density at radius 3 is 2.70 bits per heavy atom. The molecule has 4 nitrogen and oxygen atoms in total. The molecule has 20 heavy (non-hydrogen) atoms. The molecule has 0 aliphatic heterocycles. The fraction of sp³-hybridized carbons (Fsp3) is 0.143. The van der Waals surface area contributed by atoms with Crippen LogP contribution in [0.25, 0.3) is 0 Å². The summed E-state index contributed by atoms with van der Waals surface area (Å²) in [6, 6.07) is 8.74. The van der Waals surface area contributed by atoms with Gasteiger partial charge in [-0.25, -0.2) is 4.79 Å². The Labute approximate surface area is 128 Å². The van der Waals surface area contributed by atoms with Gasteiger partial charge in [0.05, 0.1) is 17.7 Å². The SMILES string of the molecule is CCOC(=O)c1ccsc1NC(=O)c1ccccc1Br. The summed E-state index contributed by atoms with van der Waals surface area (Å²) in [5.41, 5.74) is 0.882. The summed E-state index contributed by atoms with van der Waals surface area (Å²) in [5.74, 6) is -0.707. The minimum atomic E-state index is -0.434. The van der Waals surface area contributed by atoms with E-state index in [1.165, 1.54) is 11.3 Å². The number of halogens is 1. The van der Waals surface area contributed by atoms with Crippen LogP contribution in [0.2, 0.25) is 0 Å². The number of benzene rings is 1.